The SMILES string of the molecule is CCCOC(=O)C1CCC(C(CNC)NC(=O)OC(C)(C)C)CC1.O=CC1(c2ccc(Cl)cc2)CC1. The van der Waals surface area contributed by atoms with E-state index in [0.29, 0.717) is 19.1 Å². The summed E-state index contributed by atoms with van der Waals surface area (Å²) in [5, 5.41) is 6.84. The predicted molar refractivity (Wildman–Crippen MR) is 142 cm³/mol. The fourth-order valence-electron chi connectivity index (χ4n) is 4.48. The molecule has 2 saturated carbocycles. The topological polar surface area (TPSA) is 93.7 Å². The van der Waals surface area contributed by atoms with Gasteiger partial charge in [-0.25, -0.2) is 4.79 Å². The van der Waals surface area contributed by atoms with Crippen molar-refractivity contribution in [3.05, 3.63) is 34.9 Å². The molecule has 202 valence electrons. The van der Waals surface area contributed by atoms with Gasteiger partial charge in [0, 0.05) is 17.6 Å². The minimum absolute atomic E-state index is 0.00422. The average molecular weight is 523 g/mol. The number of hydrogen-bond donors (Lipinski definition) is 2. The Bertz CT molecular complexity index is 840. The van der Waals surface area contributed by atoms with Crippen LogP contribution in [0.2, 0.25) is 5.02 Å². The average Bonchev–Trinajstić information content (AvgIpc) is 3.63. The number of benzene rings is 1. The molecule has 0 aromatic heterocycles. The Morgan fingerprint density at radius 3 is 2.22 bits per heavy atom. The Morgan fingerprint density at radius 1 is 1.14 bits per heavy atom. The Labute approximate surface area is 221 Å². The maximum Gasteiger partial charge on any atom is 0.407 e. The van der Waals surface area contributed by atoms with E-state index in [-0.39, 0.29) is 29.4 Å². The van der Waals surface area contributed by atoms with Crippen LogP contribution in [0.5, 0.6) is 0 Å². The normalized spacial score (nSPS) is 21.3. The molecule has 2 aliphatic rings. The van der Waals surface area contributed by atoms with Crippen molar-refractivity contribution in [2.75, 3.05) is 20.2 Å². The third-order valence-electron chi connectivity index (χ3n) is 6.68. The first-order valence-electron chi connectivity index (χ1n) is 13.1. The first-order valence-corrected chi connectivity index (χ1v) is 13.4. The molecular weight excluding hydrogens is 480 g/mol. The van der Waals surface area contributed by atoms with E-state index in [2.05, 4.69) is 10.6 Å². The van der Waals surface area contributed by atoms with E-state index in [1.807, 2.05) is 59.0 Å². The molecule has 2 aliphatic carbocycles. The molecule has 0 saturated heterocycles. The van der Waals surface area contributed by atoms with E-state index in [0.717, 1.165) is 61.8 Å². The molecule has 1 aromatic carbocycles. The Morgan fingerprint density at radius 2 is 1.75 bits per heavy atom. The molecule has 1 atom stereocenters. The van der Waals surface area contributed by atoms with Crippen LogP contribution in [0, 0.1) is 11.8 Å². The van der Waals surface area contributed by atoms with Gasteiger partial charge in [-0.2, -0.15) is 0 Å². The number of alkyl carbamates (subject to hydrolysis) is 1. The summed E-state index contributed by atoms with van der Waals surface area (Å²) in [5.74, 6) is 0.283. The summed E-state index contributed by atoms with van der Waals surface area (Å²) < 4.78 is 10.6. The van der Waals surface area contributed by atoms with Gasteiger partial charge >= 0.3 is 12.1 Å². The molecule has 7 nitrogen and oxygen atoms in total. The van der Waals surface area contributed by atoms with Gasteiger partial charge in [0.15, 0.2) is 0 Å². The van der Waals surface area contributed by atoms with Gasteiger partial charge in [0.1, 0.15) is 11.9 Å². The van der Waals surface area contributed by atoms with E-state index < -0.39 is 5.60 Å². The number of carbonyl (C=O) groups excluding carboxylic acids is 3. The third kappa shape index (κ3) is 9.74. The third-order valence-corrected chi connectivity index (χ3v) is 6.93. The maximum atomic E-state index is 12.0. The number of aldehydes is 1. The van der Waals surface area contributed by atoms with Crippen LogP contribution in [0.4, 0.5) is 4.79 Å². The second-order valence-electron chi connectivity index (χ2n) is 10.9. The molecule has 0 radical (unpaired) electrons. The van der Waals surface area contributed by atoms with Crippen LogP contribution in [0.15, 0.2) is 24.3 Å². The van der Waals surface area contributed by atoms with Gasteiger partial charge in [-0.3, -0.25) is 4.79 Å². The summed E-state index contributed by atoms with van der Waals surface area (Å²) in [6, 6.07) is 7.55. The maximum absolute atomic E-state index is 12.0. The summed E-state index contributed by atoms with van der Waals surface area (Å²) >= 11 is 5.74. The highest BCUT2D eigenvalue weighted by Gasteiger charge is 2.44. The van der Waals surface area contributed by atoms with Gasteiger partial charge in [-0.05, 0) is 96.4 Å². The zero-order valence-corrected chi connectivity index (χ0v) is 23.2. The summed E-state index contributed by atoms with van der Waals surface area (Å²) in [7, 11) is 1.87. The molecule has 2 fully saturated rings. The van der Waals surface area contributed by atoms with Crippen molar-refractivity contribution < 1.29 is 23.9 Å². The van der Waals surface area contributed by atoms with Crippen molar-refractivity contribution in [1.82, 2.24) is 10.6 Å². The van der Waals surface area contributed by atoms with E-state index in [1.165, 1.54) is 0 Å². The van der Waals surface area contributed by atoms with Crippen LogP contribution < -0.4 is 10.6 Å². The van der Waals surface area contributed by atoms with Crippen molar-refractivity contribution in [3.8, 4) is 0 Å². The van der Waals surface area contributed by atoms with Crippen LogP contribution in [0.3, 0.4) is 0 Å². The van der Waals surface area contributed by atoms with Crippen LogP contribution in [0.25, 0.3) is 0 Å². The van der Waals surface area contributed by atoms with Gasteiger partial charge in [-0.1, -0.05) is 30.7 Å². The summed E-state index contributed by atoms with van der Waals surface area (Å²) in [4.78, 5) is 34.8. The summed E-state index contributed by atoms with van der Waals surface area (Å²) in [6.45, 7) is 8.75. The molecule has 1 unspecified atom stereocenters. The Kier molecular flexibility index (Phi) is 11.7. The zero-order valence-electron chi connectivity index (χ0n) is 22.4. The second-order valence-corrected chi connectivity index (χ2v) is 11.3. The van der Waals surface area contributed by atoms with Gasteiger partial charge in [0.05, 0.1) is 17.9 Å². The number of hydrogen-bond acceptors (Lipinski definition) is 6. The number of carbonyl (C=O) groups is 3. The largest absolute Gasteiger partial charge is 0.465 e. The molecule has 1 amide bonds. The molecule has 1 aromatic rings. The lowest BCUT2D eigenvalue weighted by atomic mass is 9.78. The Hall–Kier alpha value is -2.12. The lowest BCUT2D eigenvalue weighted by Crippen LogP contribution is -2.48. The first-order chi connectivity index (χ1) is 17.0. The summed E-state index contributed by atoms with van der Waals surface area (Å²) in [5.41, 5.74) is 0.432. The van der Waals surface area contributed by atoms with Gasteiger partial charge in [0.25, 0.3) is 0 Å². The number of halogens is 1. The highest BCUT2D eigenvalue weighted by Crippen LogP contribution is 2.46. The van der Waals surface area contributed by atoms with E-state index in [9.17, 15) is 14.4 Å². The standard InChI is InChI=1S/C18H34N2O4.C10H9ClO/c1-6-11-23-16(21)14-9-7-13(8-10-14)15(12-19-5)20-17(22)24-18(2,3)4;11-9-3-1-8(2-4-9)10(7-12)5-6-10/h13-15,19H,6-12H2,1-5H3,(H,20,22);1-4,7H,5-6H2. The molecule has 3 rings (SSSR count). The van der Waals surface area contributed by atoms with Gasteiger partial charge in [-0.15, -0.1) is 0 Å². The molecule has 2 N–H and O–H groups in total. The molecule has 0 spiro atoms. The molecule has 8 heteroatoms. The minimum atomic E-state index is -0.505. The second kappa shape index (κ2) is 14.0. The van der Waals surface area contributed by atoms with Crippen LogP contribution in [0.1, 0.15) is 78.2 Å². The lowest BCUT2D eigenvalue weighted by Gasteiger charge is -2.34. The minimum Gasteiger partial charge on any atom is -0.465 e. The van der Waals surface area contributed by atoms with Crippen LogP contribution in [-0.2, 0) is 24.5 Å². The van der Waals surface area contributed by atoms with E-state index in [4.69, 9.17) is 21.1 Å². The van der Waals surface area contributed by atoms with Crippen molar-refractivity contribution in [2.24, 2.45) is 11.8 Å². The monoisotopic (exact) mass is 522 g/mol. The smallest absolute Gasteiger partial charge is 0.407 e. The van der Waals surface area contributed by atoms with Gasteiger partial charge in [0.2, 0.25) is 0 Å². The number of amides is 1. The highest BCUT2D eigenvalue weighted by atomic mass is 35.5. The number of esters is 1. The van der Waals surface area contributed by atoms with Crippen molar-refractivity contribution in [1.29, 1.82) is 0 Å². The summed E-state index contributed by atoms with van der Waals surface area (Å²) in [6.07, 6.45) is 6.96. The fourth-order valence-corrected chi connectivity index (χ4v) is 4.61. The first kappa shape index (κ1) is 30.1. The van der Waals surface area contributed by atoms with Crippen LogP contribution >= 0.6 is 11.6 Å². The quantitative estimate of drug-likeness (QED) is 0.332. The highest BCUT2D eigenvalue weighted by molar-refractivity contribution is 6.30. The number of rotatable bonds is 9. The Balaban J connectivity index is 0.000000313. The van der Waals surface area contributed by atoms with Gasteiger partial charge < -0.3 is 24.9 Å². The fraction of sp³-hybridized carbons (Fsp3) is 0.679. The number of ether oxygens (including phenoxy) is 2. The lowest BCUT2D eigenvalue weighted by molar-refractivity contribution is -0.150. The van der Waals surface area contributed by atoms with E-state index >= 15 is 0 Å². The van der Waals surface area contributed by atoms with Crippen LogP contribution in [-0.4, -0.2) is 50.2 Å². The molecule has 36 heavy (non-hydrogen) atoms. The number of nitrogens with one attached hydrogen (secondary N) is 2. The molecule has 0 aliphatic heterocycles. The van der Waals surface area contributed by atoms with Crippen molar-refractivity contribution >= 4 is 29.9 Å². The zero-order chi connectivity index (χ0) is 26.8. The van der Waals surface area contributed by atoms with Crippen molar-refractivity contribution in [2.45, 2.75) is 89.7 Å². The number of likely N-dealkylation sites (N-methyl/N-ethyl adjacent to an activating group) is 1. The van der Waals surface area contributed by atoms with Crippen molar-refractivity contribution in [3.63, 3.8) is 0 Å². The van der Waals surface area contributed by atoms with E-state index in [1.54, 1.807) is 0 Å². The molecular formula is C28H43ClN2O5. The predicted octanol–water partition coefficient (Wildman–Crippen LogP) is 5.43. The molecule has 0 bridgehead atoms. The molecule has 0 heterocycles.